The van der Waals surface area contributed by atoms with Gasteiger partial charge in [0.1, 0.15) is 10.8 Å². The lowest BCUT2D eigenvalue weighted by Gasteiger charge is -2.39. The Kier molecular flexibility index (Phi) is 7.13. The Morgan fingerprint density at radius 3 is 1.46 bits per heavy atom. The van der Waals surface area contributed by atoms with Gasteiger partial charge in [-0.2, -0.15) is 0 Å². The van der Waals surface area contributed by atoms with Crippen LogP contribution in [0.5, 0.6) is 0 Å². The summed E-state index contributed by atoms with van der Waals surface area (Å²) in [5.74, 6) is -0.983. The first-order valence-electron chi connectivity index (χ1n) is 8.84. The van der Waals surface area contributed by atoms with Gasteiger partial charge in [-0.05, 0) is 36.8 Å². The van der Waals surface area contributed by atoms with Crippen LogP contribution in [0.3, 0.4) is 0 Å². The third kappa shape index (κ3) is 3.77. The minimum atomic E-state index is -1.21. The monoisotopic (exact) mass is 398 g/mol. The maximum absolute atomic E-state index is 12.2. The first kappa shape index (κ1) is 20.8. The summed E-state index contributed by atoms with van der Waals surface area (Å²) in [7, 11) is 0. The number of alkyl halides is 2. The zero-order chi connectivity index (χ0) is 19.2. The summed E-state index contributed by atoms with van der Waals surface area (Å²) < 4.78 is 0. The number of aliphatic carboxylic acids is 2. The molecule has 1 aliphatic rings. The third-order valence-electron chi connectivity index (χ3n) is 5.21. The summed E-state index contributed by atoms with van der Waals surface area (Å²) in [5.41, 5.74) is -1.29. The van der Waals surface area contributed by atoms with E-state index >= 15 is 0 Å². The van der Waals surface area contributed by atoms with Gasteiger partial charge < -0.3 is 10.2 Å². The van der Waals surface area contributed by atoms with Crippen LogP contribution in [-0.4, -0.2) is 33.9 Å². The fourth-order valence-corrected chi connectivity index (χ4v) is 4.12. The average molecular weight is 399 g/mol. The number of benzene rings is 1. The predicted molar refractivity (Wildman–Crippen MR) is 103 cm³/mol. The number of unbranched alkanes of at least 4 members (excludes halogenated alkanes) is 2. The van der Waals surface area contributed by atoms with Crippen molar-refractivity contribution in [3.05, 3.63) is 47.5 Å². The Bertz CT molecular complexity index is 631. The first-order valence-corrected chi connectivity index (χ1v) is 9.90. The van der Waals surface area contributed by atoms with Crippen LogP contribution < -0.4 is 0 Å². The van der Waals surface area contributed by atoms with Crippen molar-refractivity contribution < 1.29 is 19.8 Å². The molecule has 2 N–H and O–H groups in total. The van der Waals surface area contributed by atoms with Crippen LogP contribution in [-0.2, 0) is 20.4 Å². The summed E-state index contributed by atoms with van der Waals surface area (Å²) in [6.45, 7) is 0. The van der Waals surface area contributed by atoms with Gasteiger partial charge in [-0.15, -0.1) is 23.2 Å². The zero-order valence-electron chi connectivity index (χ0n) is 14.6. The highest BCUT2D eigenvalue weighted by molar-refractivity contribution is 6.18. The molecular weight excluding hydrogens is 375 g/mol. The lowest BCUT2D eigenvalue weighted by molar-refractivity contribution is -0.145. The van der Waals surface area contributed by atoms with E-state index in [0.29, 0.717) is 61.4 Å². The van der Waals surface area contributed by atoms with Gasteiger partial charge >= 0.3 is 11.9 Å². The van der Waals surface area contributed by atoms with Crippen LogP contribution in [0.2, 0.25) is 0 Å². The van der Waals surface area contributed by atoms with E-state index in [1.807, 2.05) is 0 Å². The summed E-state index contributed by atoms with van der Waals surface area (Å²) in [4.78, 5) is 24.5. The number of carboxylic acid groups (broad SMARTS) is 2. The van der Waals surface area contributed by atoms with E-state index in [9.17, 15) is 19.8 Å². The molecule has 1 aromatic rings. The van der Waals surface area contributed by atoms with Gasteiger partial charge in [-0.3, -0.25) is 9.59 Å². The molecule has 0 bridgehead atoms. The van der Waals surface area contributed by atoms with Crippen molar-refractivity contribution in [1.82, 2.24) is 0 Å². The van der Waals surface area contributed by atoms with Gasteiger partial charge in [0.25, 0.3) is 0 Å². The summed E-state index contributed by atoms with van der Waals surface area (Å²) >= 11 is 11.5. The minimum absolute atomic E-state index is 0.389. The molecular formula is C20H24Cl2O4. The van der Waals surface area contributed by atoms with E-state index < -0.39 is 22.8 Å². The molecule has 0 saturated heterocycles. The molecule has 4 nitrogen and oxygen atoms in total. The molecule has 0 heterocycles. The molecule has 0 aliphatic heterocycles. The van der Waals surface area contributed by atoms with Gasteiger partial charge in [0.05, 0.1) is 0 Å². The number of rotatable bonds is 10. The Morgan fingerprint density at radius 1 is 0.769 bits per heavy atom. The largest absolute Gasteiger partial charge is 0.480 e. The lowest BCUT2D eigenvalue weighted by Crippen LogP contribution is -2.45. The maximum Gasteiger partial charge on any atom is 0.318 e. The average Bonchev–Trinajstić information content (AvgIpc) is 2.63. The number of fused-ring (bicyclic) bond motifs is 1. The molecule has 0 aromatic heterocycles. The molecule has 2 rings (SSSR count). The third-order valence-corrected chi connectivity index (χ3v) is 5.75. The van der Waals surface area contributed by atoms with E-state index in [1.165, 1.54) is 0 Å². The van der Waals surface area contributed by atoms with E-state index in [0.717, 1.165) is 0 Å². The summed E-state index contributed by atoms with van der Waals surface area (Å²) in [6, 6.07) is 7.02. The van der Waals surface area contributed by atoms with Crippen molar-refractivity contribution in [1.29, 1.82) is 0 Å². The van der Waals surface area contributed by atoms with Crippen molar-refractivity contribution in [3.63, 3.8) is 0 Å². The van der Waals surface area contributed by atoms with Crippen molar-refractivity contribution in [2.45, 2.75) is 49.4 Å². The fraction of sp³-hybridized carbons (Fsp3) is 0.500. The summed E-state index contributed by atoms with van der Waals surface area (Å²) in [6.07, 6.45) is 6.68. The Morgan fingerprint density at radius 2 is 1.15 bits per heavy atom. The molecule has 142 valence electrons. The number of carbonyl (C=O) groups is 2. The van der Waals surface area contributed by atoms with Gasteiger partial charge in [-0.1, -0.05) is 49.3 Å². The molecule has 0 unspecified atom stereocenters. The second kappa shape index (κ2) is 8.92. The number of hydrogen-bond acceptors (Lipinski definition) is 2. The van der Waals surface area contributed by atoms with E-state index in [-0.39, 0.29) is 0 Å². The minimum Gasteiger partial charge on any atom is -0.480 e. The van der Waals surface area contributed by atoms with Gasteiger partial charge in [-0.25, -0.2) is 0 Å². The quantitative estimate of drug-likeness (QED) is 0.339. The number of carboxylic acids is 2. The maximum atomic E-state index is 12.2. The van der Waals surface area contributed by atoms with Crippen LogP contribution in [0.25, 0.3) is 0 Å². The van der Waals surface area contributed by atoms with Crippen LogP contribution in [0.15, 0.2) is 36.4 Å². The van der Waals surface area contributed by atoms with Crippen molar-refractivity contribution >= 4 is 35.1 Å². The smallest absolute Gasteiger partial charge is 0.318 e. The highest BCUT2D eigenvalue weighted by Gasteiger charge is 2.49. The molecule has 0 fully saturated rings. The molecule has 6 heteroatoms. The van der Waals surface area contributed by atoms with Gasteiger partial charge in [0, 0.05) is 11.8 Å². The highest BCUT2D eigenvalue weighted by Crippen LogP contribution is 2.46. The van der Waals surface area contributed by atoms with Crippen molar-refractivity contribution in [3.8, 4) is 0 Å². The molecule has 0 spiro atoms. The summed E-state index contributed by atoms with van der Waals surface area (Å²) in [5, 5.41) is 20.0. The number of halogens is 2. The Labute approximate surface area is 163 Å². The Balaban J connectivity index is 2.55. The SMILES string of the molecule is O=C(O)[C@@]1(CCCCCl)C=C[C@](CCCCCl)(C(=O)O)c2ccccc21. The molecule has 0 radical (unpaired) electrons. The van der Waals surface area contributed by atoms with Gasteiger partial charge in [0.15, 0.2) is 0 Å². The number of hydrogen-bond donors (Lipinski definition) is 2. The van der Waals surface area contributed by atoms with Crippen LogP contribution in [0.4, 0.5) is 0 Å². The van der Waals surface area contributed by atoms with Crippen molar-refractivity contribution in [2.75, 3.05) is 11.8 Å². The first-order chi connectivity index (χ1) is 12.4. The molecule has 1 aromatic carbocycles. The standard InChI is InChI=1S/C20H24Cl2O4/c21-13-5-3-9-19(17(23)24)11-12-20(18(25)26,10-4-6-14-22)16-8-2-1-7-15(16)19/h1-2,7-8,11-12H,3-6,9-10,13-14H2,(H,23,24)(H,25,26)/t19-,20-/m0/s1. The second-order valence-corrected chi connectivity index (χ2v) is 7.48. The molecule has 1 aliphatic carbocycles. The molecule has 0 amide bonds. The fourth-order valence-electron chi connectivity index (χ4n) is 3.74. The molecule has 26 heavy (non-hydrogen) atoms. The molecule has 2 atom stereocenters. The Hall–Kier alpha value is -1.52. The highest BCUT2D eigenvalue weighted by atomic mass is 35.5. The van der Waals surface area contributed by atoms with Crippen LogP contribution >= 0.6 is 23.2 Å². The van der Waals surface area contributed by atoms with E-state index in [2.05, 4.69) is 0 Å². The zero-order valence-corrected chi connectivity index (χ0v) is 16.1. The van der Waals surface area contributed by atoms with E-state index in [4.69, 9.17) is 23.2 Å². The molecule has 0 saturated carbocycles. The topological polar surface area (TPSA) is 74.6 Å². The van der Waals surface area contributed by atoms with Crippen LogP contribution in [0.1, 0.15) is 49.7 Å². The lowest BCUT2D eigenvalue weighted by atomic mass is 9.62. The second-order valence-electron chi connectivity index (χ2n) is 6.72. The normalized spacial score (nSPS) is 24.2. The van der Waals surface area contributed by atoms with Gasteiger partial charge in [0.2, 0.25) is 0 Å². The van der Waals surface area contributed by atoms with E-state index in [1.54, 1.807) is 36.4 Å². The van der Waals surface area contributed by atoms with Crippen LogP contribution in [0, 0.1) is 0 Å². The predicted octanol–water partition coefficient (Wildman–Crippen LogP) is 4.72. The van der Waals surface area contributed by atoms with Crippen molar-refractivity contribution in [2.24, 2.45) is 0 Å².